The average Bonchev–Trinajstić information content (AvgIpc) is 3.30. The smallest absolute Gasteiger partial charge is 0.256 e. The summed E-state index contributed by atoms with van der Waals surface area (Å²) in [7, 11) is 0. The fraction of sp³-hybridized carbons (Fsp3) is 0.148. The van der Waals surface area contributed by atoms with Crippen molar-refractivity contribution < 1.29 is 4.79 Å². The molecule has 37 heavy (non-hydrogen) atoms. The Kier molecular flexibility index (Phi) is 7.02. The molecule has 0 spiro atoms. The molecule has 186 valence electrons. The maximum atomic E-state index is 13.0. The quantitative estimate of drug-likeness (QED) is 0.202. The Bertz CT molecular complexity index is 1580. The number of fused-ring (bicyclic) bond motifs is 1. The number of nitrogens with two attached hydrogens (primary N) is 1. The van der Waals surface area contributed by atoms with Gasteiger partial charge in [-0.2, -0.15) is 4.37 Å². The highest BCUT2D eigenvalue weighted by atomic mass is 32.2. The number of pyridine rings is 1. The molecule has 0 aliphatic rings. The Labute approximate surface area is 222 Å². The minimum absolute atomic E-state index is 0.216. The number of nitrogens with one attached hydrogen (secondary N) is 2. The van der Waals surface area contributed by atoms with Gasteiger partial charge in [0.15, 0.2) is 5.65 Å². The summed E-state index contributed by atoms with van der Waals surface area (Å²) >= 11 is 2.82. The van der Waals surface area contributed by atoms with Crippen LogP contribution in [0, 0.1) is 6.92 Å². The maximum absolute atomic E-state index is 13.0. The van der Waals surface area contributed by atoms with Crippen molar-refractivity contribution in [1.29, 1.82) is 0 Å². The first-order chi connectivity index (χ1) is 17.9. The number of carbonyl (C=O) groups excluding carboxylic acids is 1. The predicted octanol–water partition coefficient (Wildman–Crippen LogP) is 6.64. The second-order valence-electron chi connectivity index (χ2n) is 8.78. The second-order valence-corrected chi connectivity index (χ2v) is 10.7. The second kappa shape index (κ2) is 10.5. The van der Waals surface area contributed by atoms with E-state index in [1.807, 2.05) is 67.6 Å². The van der Waals surface area contributed by atoms with Gasteiger partial charge in [-0.3, -0.25) is 4.79 Å². The molecule has 5 aromatic rings. The van der Waals surface area contributed by atoms with Crippen molar-refractivity contribution in [3.05, 3.63) is 83.9 Å². The molecule has 0 bridgehead atoms. The van der Waals surface area contributed by atoms with Gasteiger partial charge in [-0.05, 0) is 85.0 Å². The first kappa shape index (κ1) is 24.7. The van der Waals surface area contributed by atoms with Crippen LogP contribution in [0.5, 0.6) is 0 Å². The van der Waals surface area contributed by atoms with Crippen LogP contribution in [0.25, 0.3) is 11.0 Å². The molecule has 2 aromatic carbocycles. The zero-order valence-corrected chi connectivity index (χ0v) is 22.2. The van der Waals surface area contributed by atoms with Crippen LogP contribution in [0.1, 0.15) is 41.5 Å². The Morgan fingerprint density at radius 1 is 1.03 bits per heavy atom. The minimum Gasteiger partial charge on any atom is -0.399 e. The lowest BCUT2D eigenvalue weighted by atomic mass is 10.1. The highest BCUT2D eigenvalue weighted by molar-refractivity contribution is 7.99. The van der Waals surface area contributed by atoms with E-state index in [1.165, 1.54) is 17.9 Å². The standard InChI is InChI=1S/C27H25N7OS2/c1-15(2)21-10-9-20-25(31-21)29-14-30-26(20)32-22-13-17(27(35)33-24-12-16(3)34-37-24)4-11-23(22)36-19-7-5-18(28)6-8-19/h4-15H,28H2,1-3H3,(H,33,35)(H,29,30,31,32). The van der Waals surface area contributed by atoms with E-state index in [2.05, 4.69) is 38.8 Å². The van der Waals surface area contributed by atoms with Crippen molar-refractivity contribution in [2.75, 3.05) is 16.4 Å². The van der Waals surface area contributed by atoms with Gasteiger partial charge in [0.05, 0.1) is 16.8 Å². The Hall–Kier alpha value is -4.02. The lowest BCUT2D eigenvalue weighted by Gasteiger charge is -2.15. The van der Waals surface area contributed by atoms with Crippen molar-refractivity contribution >= 4 is 62.4 Å². The van der Waals surface area contributed by atoms with Gasteiger partial charge in [-0.1, -0.05) is 25.6 Å². The monoisotopic (exact) mass is 527 g/mol. The van der Waals surface area contributed by atoms with Crippen LogP contribution in [0.4, 0.5) is 22.2 Å². The van der Waals surface area contributed by atoms with Crippen molar-refractivity contribution in [3.8, 4) is 0 Å². The molecule has 0 unspecified atom stereocenters. The summed E-state index contributed by atoms with van der Waals surface area (Å²) in [5.74, 6) is 0.685. The molecule has 10 heteroatoms. The van der Waals surface area contributed by atoms with Crippen LogP contribution in [-0.2, 0) is 0 Å². The number of aryl methyl sites for hydroxylation is 1. The third-order valence-electron chi connectivity index (χ3n) is 5.58. The molecule has 0 saturated carbocycles. The molecular formula is C27H25N7OS2. The van der Waals surface area contributed by atoms with Gasteiger partial charge < -0.3 is 16.4 Å². The van der Waals surface area contributed by atoms with Crippen LogP contribution in [0.15, 0.2) is 76.8 Å². The van der Waals surface area contributed by atoms with Gasteiger partial charge in [-0.25, -0.2) is 15.0 Å². The molecule has 0 fully saturated rings. The first-order valence-corrected chi connectivity index (χ1v) is 13.3. The molecule has 1 amide bonds. The van der Waals surface area contributed by atoms with Crippen LogP contribution in [0.3, 0.4) is 0 Å². The van der Waals surface area contributed by atoms with E-state index in [4.69, 9.17) is 10.7 Å². The summed E-state index contributed by atoms with van der Waals surface area (Å²) in [6, 6.07) is 19.0. The van der Waals surface area contributed by atoms with Crippen LogP contribution in [-0.4, -0.2) is 25.2 Å². The molecule has 0 saturated heterocycles. The molecule has 0 aliphatic carbocycles. The Morgan fingerprint density at radius 2 is 1.84 bits per heavy atom. The topological polar surface area (TPSA) is 119 Å². The fourth-order valence-corrected chi connectivity index (χ4v) is 5.17. The van der Waals surface area contributed by atoms with Gasteiger partial charge in [0.2, 0.25) is 0 Å². The van der Waals surface area contributed by atoms with Crippen molar-refractivity contribution in [3.63, 3.8) is 0 Å². The van der Waals surface area contributed by atoms with E-state index in [0.29, 0.717) is 27.7 Å². The normalized spacial score (nSPS) is 11.1. The zero-order chi connectivity index (χ0) is 25.9. The van der Waals surface area contributed by atoms with Crippen molar-refractivity contribution in [2.45, 2.75) is 36.5 Å². The third-order valence-corrected chi connectivity index (χ3v) is 7.46. The lowest BCUT2D eigenvalue weighted by Crippen LogP contribution is -2.11. The number of hydrogen-bond acceptors (Lipinski definition) is 9. The molecular weight excluding hydrogens is 502 g/mol. The van der Waals surface area contributed by atoms with Gasteiger partial charge in [0, 0.05) is 26.7 Å². The SMILES string of the molecule is Cc1cc(NC(=O)c2ccc(Sc3ccc(N)cc3)c(Nc3ncnc4nc(C(C)C)ccc34)c2)sn1. The molecule has 0 aliphatic heterocycles. The summed E-state index contributed by atoms with van der Waals surface area (Å²) in [5, 5.41) is 7.85. The fourth-order valence-electron chi connectivity index (χ4n) is 3.63. The van der Waals surface area contributed by atoms with Crippen LogP contribution >= 0.6 is 23.3 Å². The number of hydrogen-bond donors (Lipinski definition) is 3. The van der Waals surface area contributed by atoms with Gasteiger partial charge in [-0.15, -0.1) is 0 Å². The van der Waals surface area contributed by atoms with Crippen LogP contribution < -0.4 is 16.4 Å². The van der Waals surface area contributed by atoms with Crippen molar-refractivity contribution in [2.24, 2.45) is 0 Å². The van der Waals surface area contributed by atoms with E-state index in [9.17, 15) is 4.79 Å². The Morgan fingerprint density at radius 3 is 2.57 bits per heavy atom. The highest BCUT2D eigenvalue weighted by Crippen LogP contribution is 2.37. The van der Waals surface area contributed by atoms with E-state index >= 15 is 0 Å². The van der Waals surface area contributed by atoms with E-state index in [0.717, 1.165) is 32.3 Å². The first-order valence-electron chi connectivity index (χ1n) is 11.7. The molecule has 4 N–H and O–H groups in total. The third kappa shape index (κ3) is 5.71. The largest absolute Gasteiger partial charge is 0.399 e. The minimum atomic E-state index is -0.216. The maximum Gasteiger partial charge on any atom is 0.256 e. The van der Waals surface area contributed by atoms with Crippen LogP contribution in [0.2, 0.25) is 0 Å². The average molecular weight is 528 g/mol. The highest BCUT2D eigenvalue weighted by Gasteiger charge is 2.15. The number of benzene rings is 2. The number of rotatable bonds is 7. The van der Waals surface area contributed by atoms with Gasteiger partial charge >= 0.3 is 0 Å². The Balaban J connectivity index is 1.52. The number of aromatic nitrogens is 4. The molecule has 8 nitrogen and oxygen atoms in total. The van der Waals surface area contributed by atoms with E-state index in [-0.39, 0.29) is 11.8 Å². The zero-order valence-electron chi connectivity index (χ0n) is 20.5. The summed E-state index contributed by atoms with van der Waals surface area (Å²) in [6.07, 6.45) is 1.50. The molecule has 5 rings (SSSR count). The summed E-state index contributed by atoms with van der Waals surface area (Å²) in [4.78, 5) is 28.5. The summed E-state index contributed by atoms with van der Waals surface area (Å²) < 4.78 is 4.23. The molecule has 3 heterocycles. The van der Waals surface area contributed by atoms with Gasteiger partial charge in [0.1, 0.15) is 17.1 Å². The molecule has 0 atom stereocenters. The summed E-state index contributed by atoms with van der Waals surface area (Å²) in [6.45, 7) is 6.08. The van der Waals surface area contributed by atoms with E-state index < -0.39 is 0 Å². The number of carbonyl (C=O) groups is 1. The predicted molar refractivity (Wildman–Crippen MR) is 151 cm³/mol. The van der Waals surface area contributed by atoms with E-state index in [1.54, 1.807) is 11.8 Å². The number of nitrogens with zero attached hydrogens (tertiary/aromatic N) is 4. The number of amides is 1. The van der Waals surface area contributed by atoms with Gasteiger partial charge in [0.25, 0.3) is 5.91 Å². The molecule has 3 aromatic heterocycles. The van der Waals surface area contributed by atoms with Crippen molar-refractivity contribution in [1.82, 2.24) is 19.3 Å². The summed E-state index contributed by atoms with van der Waals surface area (Å²) in [5.41, 5.74) is 10.3. The number of nitrogen functional groups attached to an aromatic ring is 1. The lowest BCUT2D eigenvalue weighted by molar-refractivity contribution is 0.102. The number of anilines is 4. The molecule has 0 radical (unpaired) electrons.